The van der Waals surface area contributed by atoms with Crippen LogP contribution in [0.1, 0.15) is 18.5 Å². The third-order valence-corrected chi connectivity index (χ3v) is 4.21. The molecule has 1 atom stereocenters. The summed E-state index contributed by atoms with van der Waals surface area (Å²) in [5.74, 6) is -0.278. The Balaban J connectivity index is 1.89. The van der Waals surface area contributed by atoms with E-state index in [2.05, 4.69) is 5.32 Å². The van der Waals surface area contributed by atoms with Crippen LogP contribution in [0.25, 0.3) is 0 Å². The maximum Gasteiger partial charge on any atom is 0.230 e. The predicted octanol–water partition coefficient (Wildman–Crippen LogP) is 4.45. The zero-order chi connectivity index (χ0) is 15.2. The van der Waals surface area contributed by atoms with Gasteiger partial charge < -0.3 is 5.32 Å². The molecular formula is C16H15ClFNOS. The van der Waals surface area contributed by atoms with E-state index >= 15 is 0 Å². The van der Waals surface area contributed by atoms with E-state index in [-0.39, 0.29) is 23.5 Å². The Morgan fingerprint density at radius 3 is 2.76 bits per heavy atom. The van der Waals surface area contributed by atoms with Crippen molar-refractivity contribution < 1.29 is 9.18 Å². The Hall–Kier alpha value is -1.52. The minimum atomic E-state index is -0.307. The van der Waals surface area contributed by atoms with Crippen LogP contribution >= 0.6 is 23.4 Å². The van der Waals surface area contributed by atoms with Crippen LogP contribution in [0.4, 0.5) is 4.39 Å². The van der Waals surface area contributed by atoms with E-state index in [1.807, 2.05) is 25.1 Å². The van der Waals surface area contributed by atoms with Gasteiger partial charge in [-0.05, 0) is 36.8 Å². The minimum Gasteiger partial charge on any atom is -0.349 e. The average molecular weight is 324 g/mol. The molecule has 0 aliphatic carbocycles. The van der Waals surface area contributed by atoms with Gasteiger partial charge in [-0.2, -0.15) is 0 Å². The maximum absolute atomic E-state index is 13.4. The lowest BCUT2D eigenvalue weighted by Crippen LogP contribution is -2.28. The molecule has 0 saturated heterocycles. The van der Waals surface area contributed by atoms with E-state index in [1.165, 1.54) is 17.8 Å². The molecule has 0 aromatic heterocycles. The highest BCUT2D eigenvalue weighted by molar-refractivity contribution is 8.00. The van der Waals surface area contributed by atoms with Crippen molar-refractivity contribution in [2.24, 2.45) is 0 Å². The van der Waals surface area contributed by atoms with Gasteiger partial charge in [-0.15, -0.1) is 11.8 Å². The van der Waals surface area contributed by atoms with Crippen molar-refractivity contribution in [3.05, 3.63) is 64.9 Å². The van der Waals surface area contributed by atoms with Crippen molar-refractivity contribution >= 4 is 29.3 Å². The Bertz CT molecular complexity index is 635. The van der Waals surface area contributed by atoms with Gasteiger partial charge in [0, 0.05) is 9.92 Å². The molecule has 1 unspecified atom stereocenters. The van der Waals surface area contributed by atoms with Crippen molar-refractivity contribution in [3.8, 4) is 0 Å². The van der Waals surface area contributed by atoms with Gasteiger partial charge in [0.2, 0.25) is 5.91 Å². The number of rotatable bonds is 5. The summed E-state index contributed by atoms with van der Waals surface area (Å²) >= 11 is 7.11. The molecule has 0 aliphatic heterocycles. The average Bonchev–Trinajstić information content (AvgIpc) is 2.46. The Kier molecular flexibility index (Phi) is 5.65. The highest BCUT2D eigenvalue weighted by Crippen LogP contribution is 2.22. The third-order valence-electron chi connectivity index (χ3n) is 2.92. The highest BCUT2D eigenvalue weighted by Gasteiger charge is 2.11. The van der Waals surface area contributed by atoms with Gasteiger partial charge >= 0.3 is 0 Å². The number of hydrogen-bond donors (Lipinski definition) is 1. The maximum atomic E-state index is 13.4. The first-order chi connectivity index (χ1) is 10.1. The second kappa shape index (κ2) is 7.48. The van der Waals surface area contributed by atoms with Crippen LogP contribution in [0.2, 0.25) is 5.02 Å². The second-order valence-electron chi connectivity index (χ2n) is 4.56. The van der Waals surface area contributed by atoms with E-state index < -0.39 is 0 Å². The SMILES string of the molecule is CC(NC(=O)CSc1ccccc1F)c1cccc(Cl)c1. The van der Waals surface area contributed by atoms with Gasteiger partial charge in [0.05, 0.1) is 11.8 Å². The molecule has 2 aromatic rings. The summed E-state index contributed by atoms with van der Waals surface area (Å²) in [5, 5.41) is 3.51. The first-order valence-electron chi connectivity index (χ1n) is 6.48. The van der Waals surface area contributed by atoms with Crippen LogP contribution in [-0.4, -0.2) is 11.7 Å². The van der Waals surface area contributed by atoms with Crippen LogP contribution in [0.5, 0.6) is 0 Å². The fourth-order valence-electron chi connectivity index (χ4n) is 1.85. The van der Waals surface area contributed by atoms with Crippen molar-refractivity contribution in [1.82, 2.24) is 5.32 Å². The number of halogens is 2. The van der Waals surface area contributed by atoms with Crippen LogP contribution in [0.3, 0.4) is 0 Å². The van der Waals surface area contributed by atoms with Gasteiger partial charge in [-0.1, -0.05) is 35.9 Å². The van der Waals surface area contributed by atoms with Crippen LogP contribution < -0.4 is 5.32 Å². The molecule has 0 heterocycles. The molecule has 0 radical (unpaired) electrons. The van der Waals surface area contributed by atoms with Gasteiger partial charge in [0.25, 0.3) is 0 Å². The van der Waals surface area contributed by atoms with Crippen LogP contribution in [0, 0.1) is 5.82 Å². The summed E-state index contributed by atoms with van der Waals surface area (Å²) in [4.78, 5) is 12.4. The summed E-state index contributed by atoms with van der Waals surface area (Å²) in [7, 11) is 0. The summed E-state index contributed by atoms with van der Waals surface area (Å²) in [6, 6.07) is 13.6. The van der Waals surface area contributed by atoms with Gasteiger partial charge in [0.1, 0.15) is 5.82 Å². The fraction of sp³-hybridized carbons (Fsp3) is 0.188. The summed E-state index contributed by atoms with van der Waals surface area (Å²) < 4.78 is 13.4. The Morgan fingerprint density at radius 2 is 2.05 bits per heavy atom. The monoisotopic (exact) mass is 323 g/mol. The molecule has 110 valence electrons. The van der Waals surface area contributed by atoms with Gasteiger partial charge in [-0.25, -0.2) is 4.39 Å². The first kappa shape index (κ1) is 15.9. The molecule has 2 rings (SSSR count). The van der Waals surface area contributed by atoms with E-state index in [1.54, 1.807) is 24.3 Å². The number of amides is 1. The smallest absolute Gasteiger partial charge is 0.230 e. The molecule has 0 bridgehead atoms. The zero-order valence-electron chi connectivity index (χ0n) is 11.5. The van der Waals surface area contributed by atoms with Gasteiger partial charge in [-0.3, -0.25) is 4.79 Å². The van der Waals surface area contributed by atoms with Crippen LogP contribution in [-0.2, 0) is 4.79 Å². The molecule has 2 nitrogen and oxygen atoms in total. The zero-order valence-corrected chi connectivity index (χ0v) is 13.0. The lowest BCUT2D eigenvalue weighted by molar-refractivity contribution is -0.119. The van der Waals surface area contributed by atoms with E-state index in [0.29, 0.717) is 9.92 Å². The van der Waals surface area contributed by atoms with Crippen LogP contribution in [0.15, 0.2) is 53.4 Å². The number of carbonyl (C=O) groups excluding carboxylic acids is 1. The summed E-state index contributed by atoms with van der Waals surface area (Å²) in [5.41, 5.74) is 0.937. The fourth-order valence-corrected chi connectivity index (χ4v) is 2.80. The van der Waals surface area contributed by atoms with E-state index in [9.17, 15) is 9.18 Å². The number of nitrogens with one attached hydrogen (secondary N) is 1. The number of carbonyl (C=O) groups is 1. The second-order valence-corrected chi connectivity index (χ2v) is 6.02. The molecule has 0 aliphatic rings. The quantitative estimate of drug-likeness (QED) is 0.824. The number of benzene rings is 2. The molecule has 0 spiro atoms. The normalized spacial score (nSPS) is 12.0. The molecule has 2 aromatic carbocycles. The highest BCUT2D eigenvalue weighted by atomic mass is 35.5. The Morgan fingerprint density at radius 1 is 1.29 bits per heavy atom. The predicted molar refractivity (Wildman–Crippen MR) is 85.1 cm³/mol. The van der Waals surface area contributed by atoms with Crippen molar-refractivity contribution in [1.29, 1.82) is 0 Å². The molecule has 0 saturated carbocycles. The van der Waals surface area contributed by atoms with Gasteiger partial charge in [0.15, 0.2) is 0 Å². The number of thioether (sulfide) groups is 1. The standard InChI is InChI=1S/C16H15ClFNOS/c1-11(12-5-4-6-13(17)9-12)19-16(20)10-21-15-8-3-2-7-14(15)18/h2-9,11H,10H2,1H3,(H,19,20). The summed E-state index contributed by atoms with van der Waals surface area (Å²) in [6.07, 6.45) is 0. The topological polar surface area (TPSA) is 29.1 Å². The minimum absolute atomic E-state index is 0.141. The largest absolute Gasteiger partial charge is 0.349 e. The lowest BCUT2D eigenvalue weighted by atomic mass is 10.1. The molecule has 0 fully saturated rings. The lowest BCUT2D eigenvalue weighted by Gasteiger charge is -2.14. The van der Waals surface area contributed by atoms with E-state index in [0.717, 1.165) is 5.56 Å². The Labute approximate surface area is 132 Å². The molecular weight excluding hydrogens is 309 g/mol. The first-order valence-corrected chi connectivity index (χ1v) is 7.85. The molecule has 21 heavy (non-hydrogen) atoms. The van der Waals surface area contributed by atoms with E-state index in [4.69, 9.17) is 11.6 Å². The summed E-state index contributed by atoms with van der Waals surface area (Å²) in [6.45, 7) is 1.89. The third kappa shape index (κ3) is 4.76. The molecule has 1 amide bonds. The van der Waals surface area contributed by atoms with Crippen molar-refractivity contribution in [2.75, 3.05) is 5.75 Å². The molecule has 5 heteroatoms. The van der Waals surface area contributed by atoms with Crippen molar-refractivity contribution in [2.45, 2.75) is 17.9 Å². The van der Waals surface area contributed by atoms with Crippen molar-refractivity contribution in [3.63, 3.8) is 0 Å². The number of hydrogen-bond acceptors (Lipinski definition) is 2. The molecule has 1 N–H and O–H groups in total.